The van der Waals surface area contributed by atoms with Crippen molar-refractivity contribution in [2.24, 2.45) is 0 Å². The smallest absolute Gasteiger partial charge is 0.170 e. The zero-order chi connectivity index (χ0) is 11.4. The van der Waals surface area contributed by atoms with Gasteiger partial charge < -0.3 is 4.90 Å². The summed E-state index contributed by atoms with van der Waals surface area (Å²) in [4.78, 5) is 2.38. The predicted octanol–water partition coefficient (Wildman–Crippen LogP) is 4.48. The van der Waals surface area contributed by atoms with E-state index in [0.29, 0.717) is 16.5 Å². The van der Waals surface area contributed by atoms with Gasteiger partial charge in [-0.1, -0.05) is 50.1 Å². The first-order valence-corrected chi connectivity index (χ1v) is 7.55. The first-order valence-electron chi connectivity index (χ1n) is 6.77. The Kier molecular flexibility index (Phi) is 4.90. The van der Waals surface area contributed by atoms with Crippen LogP contribution in [-0.4, -0.2) is 21.4 Å². The Balaban J connectivity index is 1.99. The molecule has 2 aliphatic carbocycles. The maximum absolute atomic E-state index is 6.17. The van der Waals surface area contributed by atoms with Crippen LogP contribution in [0.2, 0.25) is 0 Å². The average molecular weight is 260 g/mol. The molecule has 0 aromatic rings. The lowest BCUT2D eigenvalue weighted by molar-refractivity contribution is 0.163. The van der Waals surface area contributed by atoms with Gasteiger partial charge in [0.05, 0.1) is 0 Å². The highest BCUT2D eigenvalue weighted by Crippen LogP contribution is 2.31. The fourth-order valence-electron chi connectivity index (χ4n) is 3.30. The highest BCUT2D eigenvalue weighted by Gasteiger charge is 2.29. The molecule has 0 heterocycles. The molecule has 0 bridgehead atoms. The highest BCUT2D eigenvalue weighted by molar-refractivity contribution is 7.83. The van der Waals surface area contributed by atoms with Crippen molar-refractivity contribution < 1.29 is 0 Å². The van der Waals surface area contributed by atoms with Gasteiger partial charge in [-0.05, 0) is 37.9 Å². The van der Waals surface area contributed by atoms with Crippen molar-refractivity contribution in [1.82, 2.24) is 4.90 Å². The van der Waals surface area contributed by atoms with Crippen molar-refractivity contribution in [2.45, 2.75) is 76.3 Å². The molecule has 0 N–H and O–H groups in total. The minimum atomic E-state index is 0.624. The minimum Gasteiger partial charge on any atom is -0.347 e. The van der Waals surface area contributed by atoms with Crippen molar-refractivity contribution in [3.05, 3.63) is 0 Å². The monoisotopic (exact) mass is 259 g/mol. The van der Waals surface area contributed by atoms with Gasteiger partial charge in [0.15, 0.2) is 4.45 Å². The molecule has 0 aromatic heterocycles. The van der Waals surface area contributed by atoms with Gasteiger partial charge in [0.2, 0.25) is 0 Å². The molecule has 2 saturated carbocycles. The molecule has 3 heteroatoms. The van der Waals surface area contributed by atoms with Crippen LogP contribution in [0.1, 0.15) is 64.2 Å². The third-order valence-electron chi connectivity index (χ3n) is 4.14. The van der Waals surface area contributed by atoms with E-state index in [1.54, 1.807) is 0 Å². The molecule has 0 aromatic carbocycles. The SMILES string of the molecule is S=C(Cl)N(C1CCCCC1)C1CCCCC1. The molecule has 0 saturated heterocycles. The number of nitrogens with zero attached hydrogens (tertiary/aromatic N) is 1. The third-order valence-corrected chi connectivity index (χ3v) is 4.55. The summed E-state index contributed by atoms with van der Waals surface area (Å²) in [5.41, 5.74) is 0. The molecule has 0 spiro atoms. The number of hydrogen-bond acceptors (Lipinski definition) is 1. The Morgan fingerprint density at radius 3 is 1.50 bits per heavy atom. The summed E-state index contributed by atoms with van der Waals surface area (Å²) in [6.45, 7) is 0. The second kappa shape index (κ2) is 6.20. The van der Waals surface area contributed by atoms with Gasteiger partial charge in [-0.25, -0.2) is 0 Å². The lowest BCUT2D eigenvalue weighted by Crippen LogP contribution is -2.46. The molecule has 2 aliphatic rings. The van der Waals surface area contributed by atoms with Gasteiger partial charge in [-0.2, -0.15) is 0 Å². The maximum Gasteiger partial charge on any atom is 0.170 e. The number of rotatable bonds is 2. The van der Waals surface area contributed by atoms with Gasteiger partial charge in [-0.15, -0.1) is 0 Å². The van der Waals surface area contributed by atoms with E-state index < -0.39 is 0 Å². The van der Waals surface area contributed by atoms with Crippen LogP contribution >= 0.6 is 23.8 Å². The fraction of sp³-hybridized carbons (Fsp3) is 0.923. The summed E-state index contributed by atoms with van der Waals surface area (Å²) in [5.74, 6) is 0. The Morgan fingerprint density at radius 2 is 1.19 bits per heavy atom. The molecule has 0 radical (unpaired) electrons. The molecule has 92 valence electrons. The highest BCUT2D eigenvalue weighted by atomic mass is 35.5. The molecule has 0 aliphatic heterocycles. The van der Waals surface area contributed by atoms with Crippen LogP contribution in [0.3, 0.4) is 0 Å². The predicted molar refractivity (Wildman–Crippen MR) is 74.0 cm³/mol. The molecule has 1 nitrogen and oxygen atoms in total. The fourth-order valence-corrected chi connectivity index (χ4v) is 3.88. The first kappa shape index (κ1) is 12.6. The van der Waals surface area contributed by atoms with Crippen LogP contribution in [0.25, 0.3) is 0 Å². The molecule has 2 fully saturated rings. The summed E-state index contributed by atoms with van der Waals surface area (Å²) < 4.78 is 0.624. The van der Waals surface area contributed by atoms with Crippen LogP contribution in [0.5, 0.6) is 0 Å². The Bertz CT molecular complexity index is 214. The molecule has 16 heavy (non-hydrogen) atoms. The van der Waals surface area contributed by atoms with E-state index in [1.165, 1.54) is 64.2 Å². The van der Waals surface area contributed by atoms with Gasteiger partial charge in [-0.3, -0.25) is 0 Å². The summed E-state index contributed by atoms with van der Waals surface area (Å²) in [6.07, 6.45) is 13.4. The number of hydrogen-bond donors (Lipinski definition) is 0. The van der Waals surface area contributed by atoms with Crippen molar-refractivity contribution in [2.75, 3.05) is 0 Å². The minimum absolute atomic E-state index is 0.624. The van der Waals surface area contributed by atoms with E-state index in [1.807, 2.05) is 0 Å². The second-order valence-corrected chi connectivity index (χ2v) is 6.21. The molecule has 0 atom stereocenters. The normalized spacial score (nSPS) is 24.3. The summed E-state index contributed by atoms with van der Waals surface area (Å²) in [6, 6.07) is 1.28. The zero-order valence-corrected chi connectivity index (χ0v) is 11.5. The van der Waals surface area contributed by atoms with E-state index in [0.717, 1.165) is 0 Å². The van der Waals surface area contributed by atoms with Crippen LogP contribution in [-0.2, 0) is 0 Å². The number of thiocarbonyl (C=S) groups is 1. The quantitative estimate of drug-likeness (QED) is 0.409. The van der Waals surface area contributed by atoms with Gasteiger partial charge >= 0.3 is 0 Å². The van der Waals surface area contributed by atoms with Crippen LogP contribution in [0, 0.1) is 0 Å². The Morgan fingerprint density at radius 1 is 0.812 bits per heavy atom. The lowest BCUT2D eigenvalue weighted by Gasteiger charge is -2.41. The van der Waals surface area contributed by atoms with E-state index in [-0.39, 0.29) is 0 Å². The summed E-state index contributed by atoms with van der Waals surface area (Å²) >= 11 is 11.4. The van der Waals surface area contributed by atoms with Crippen LogP contribution in [0.15, 0.2) is 0 Å². The largest absolute Gasteiger partial charge is 0.347 e. The molecular weight excluding hydrogens is 238 g/mol. The maximum atomic E-state index is 6.17. The van der Waals surface area contributed by atoms with E-state index in [2.05, 4.69) is 4.90 Å². The van der Waals surface area contributed by atoms with Gasteiger partial charge in [0.1, 0.15) is 0 Å². The Labute approximate surface area is 110 Å². The van der Waals surface area contributed by atoms with Gasteiger partial charge in [0.25, 0.3) is 0 Å². The molecule has 0 unspecified atom stereocenters. The zero-order valence-electron chi connectivity index (χ0n) is 9.96. The third kappa shape index (κ3) is 3.10. The topological polar surface area (TPSA) is 3.24 Å². The Hall–Kier alpha value is 0.180. The molecule has 0 amide bonds. The van der Waals surface area contributed by atoms with E-state index >= 15 is 0 Å². The average Bonchev–Trinajstić information content (AvgIpc) is 2.31. The summed E-state index contributed by atoms with van der Waals surface area (Å²) in [7, 11) is 0. The second-order valence-electron chi connectivity index (χ2n) is 5.24. The van der Waals surface area contributed by atoms with E-state index in [9.17, 15) is 0 Å². The molecule has 2 rings (SSSR count). The van der Waals surface area contributed by atoms with Crippen LogP contribution in [0.4, 0.5) is 0 Å². The van der Waals surface area contributed by atoms with Crippen LogP contribution < -0.4 is 0 Å². The molecular formula is C13H22ClNS. The first-order chi connectivity index (χ1) is 7.79. The van der Waals surface area contributed by atoms with Crippen molar-refractivity contribution in [3.8, 4) is 0 Å². The van der Waals surface area contributed by atoms with E-state index in [4.69, 9.17) is 23.8 Å². The summed E-state index contributed by atoms with van der Waals surface area (Å²) in [5, 5.41) is 0. The lowest BCUT2D eigenvalue weighted by atomic mass is 9.89. The standard InChI is InChI=1S/C13H22ClNS/c14-13(16)15(11-7-3-1-4-8-11)12-9-5-2-6-10-12/h11-12H,1-10H2. The van der Waals surface area contributed by atoms with Crippen molar-refractivity contribution in [1.29, 1.82) is 0 Å². The number of halogens is 1. The van der Waals surface area contributed by atoms with Crippen molar-refractivity contribution in [3.63, 3.8) is 0 Å². The van der Waals surface area contributed by atoms with Crippen molar-refractivity contribution >= 4 is 28.3 Å². The van der Waals surface area contributed by atoms with Gasteiger partial charge in [0, 0.05) is 12.1 Å².